The summed E-state index contributed by atoms with van der Waals surface area (Å²) < 4.78 is 27.2. The maximum absolute atomic E-state index is 12.8. The van der Waals surface area contributed by atoms with Gasteiger partial charge in [0.25, 0.3) is 0 Å². The summed E-state index contributed by atoms with van der Waals surface area (Å²) in [6.07, 6.45) is 3.01. The van der Waals surface area contributed by atoms with Crippen molar-refractivity contribution in [1.82, 2.24) is 4.31 Å². The Morgan fingerprint density at radius 2 is 1.67 bits per heavy atom. The van der Waals surface area contributed by atoms with E-state index < -0.39 is 16.1 Å². The van der Waals surface area contributed by atoms with Crippen LogP contribution in [0.2, 0.25) is 0 Å². The molecule has 0 aliphatic carbocycles. The molecule has 0 aromatic heterocycles. The van der Waals surface area contributed by atoms with Crippen LogP contribution in [0.15, 0.2) is 29.2 Å². The van der Waals surface area contributed by atoms with Crippen molar-refractivity contribution in [3.63, 3.8) is 0 Å². The van der Waals surface area contributed by atoms with Gasteiger partial charge < -0.3 is 10.4 Å². The zero-order chi connectivity index (χ0) is 18.0. The van der Waals surface area contributed by atoms with E-state index in [0.29, 0.717) is 24.5 Å². The van der Waals surface area contributed by atoms with Crippen molar-refractivity contribution in [3.05, 3.63) is 24.3 Å². The van der Waals surface area contributed by atoms with Gasteiger partial charge in [-0.05, 0) is 37.1 Å². The molecule has 7 heteroatoms. The summed E-state index contributed by atoms with van der Waals surface area (Å²) >= 11 is 5.55. The van der Waals surface area contributed by atoms with E-state index in [1.54, 1.807) is 28.6 Å². The van der Waals surface area contributed by atoms with Gasteiger partial charge in [-0.25, -0.2) is 8.42 Å². The maximum atomic E-state index is 12.8. The van der Waals surface area contributed by atoms with Crippen molar-refractivity contribution in [2.24, 2.45) is 0 Å². The van der Waals surface area contributed by atoms with Crippen molar-refractivity contribution < 1.29 is 13.5 Å². The zero-order valence-electron chi connectivity index (χ0n) is 14.5. The number of nitrogens with one attached hydrogen (secondary N) is 1. The Morgan fingerprint density at radius 1 is 1.12 bits per heavy atom. The third-order valence-electron chi connectivity index (χ3n) is 3.73. The fourth-order valence-corrected chi connectivity index (χ4v) is 3.83. The predicted molar refractivity (Wildman–Crippen MR) is 100 cm³/mol. The Bertz CT molecular complexity index is 556. The number of aliphatic hydroxyl groups excluding tert-OH is 1. The third kappa shape index (κ3) is 6.59. The van der Waals surface area contributed by atoms with Gasteiger partial charge in [-0.15, -0.1) is 11.6 Å². The molecule has 0 heterocycles. The summed E-state index contributed by atoms with van der Waals surface area (Å²) in [5.41, 5.74) is 0.756. The molecule has 0 fully saturated rings. The molecule has 1 rings (SSSR count). The number of aliphatic hydroxyl groups is 1. The summed E-state index contributed by atoms with van der Waals surface area (Å²) in [6.45, 7) is 5.55. The normalized spacial score (nSPS) is 13.2. The minimum Gasteiger partial charge on any atom is -0.390 e. The Hall–Kier alpha value is -0.820. The lowest BCUT2D eigenvalue weighted by atomic mass is 10.3. The Kier molecular flexibility index (Phi) is 9.66. The molecule has 1 aromatic carbocycles. The van der Waals surface area contributed by atoms with Gasteiger partial charge in [-0.3, -0.25) is 0 Å². The number of nitrogens with zero attached hydrogens (tertiary/aromatic N) is 1. The van der Waals surface area contributed by atoms with Crippen LogP contribution in [0, 0.1) is 0 Å². The van der Waals surface area contributed by atoms with E-state index in [9.17, 15) is 13.5 Å². The molecule has 0 aliphatic rings. The topological polar surface area (TPSA) is 69.6 Å². The van der Waals surface area contributed by atoms with Gasteiger partial charge in [0.05, 0.1) is 16.9 Å². The van der Waals surface area contributed by atoms with Crippen molar-refractivity contribution >= 4 is 27.3 Å². The first-order chi connectivity index (χ1) is 11.5. The van der Waals surface area contributed by atoms with Crippen LogP contribution < -0.4 is 5.32 Å². The van der Waals surface area contributed by atoms with Crippen molar-refractivity contribution in [2.75, 3.05) is 30.8 Å². The first kappa shape index (κ1) is 21.2. The maximum Gasteiger partial charge on any atom is 0.243 e. The quantitative estimate of drug-likeness (QED) is 0.549. The molecule has 0 aliphatic heterocycles. The average molecular weight is 377 g/mol. The lowest BCUT2D eigenvalue weighted by Gasteiger charge is -2.22. The number of benzene rings is 1. The number of sulfonamides is 1. The fourth-order valence-electron chi connectivity index (χ4n) is 2.21. The number of alkyl halides is 1. The van der Waals surface area contributed by atoms with Gasteiger partial charge in [0.15, 0.2) is 0 Å². The Balaban J connectivity index is 2.83. The first-order valence-electron chi connectivity index (χ1n) is 8.53. The van der Waals surface area contributed by atoms with E-state index in [1.807, 2.05) is 0 Å². The molecular weight excluding hydrogens is 348 g/mol. The molecule has 1 atom stereocenters. The molecule has 138 valence electrons. The van der Waals surface area contributed by atoms with Crippen LogP contribution >= 0.6 is 11.6 Å². The van der Waals surface area contributed by atoms with Gasteiger partial charge in [0.1, 0.15) is 0 Å². The molecule has 0 spiro atoms. The van der Waals surface area contributed by atoms with E-state index in [-0.39, 0.29) is 5.88 Å². The second-order valence-corrected chi connectivity index (χ2v) is 8.07. The number of unbranched alkanes of at least 4 members (excludes halogenated alkanes) is 2. The summed E-state index contributed by atoms with van der Waals surface area (Å²) in [6, 6.07) is 6.64. The Labute approximate surface area is 151 Å². The molecule has 0 radical (unpaired) electrons. The minimum atomic E-state index is -3.46. The van der Waals surface area contributed by atoms with Gasteiger partial charge >= 0.3 is 0 Å². The summed E-state index contributed by atoms with van der Waals surface area (Å²) in [7, 11) is -3.46. The van der Waals surface area contributed by atoms with Crippen LogP contribution in [0.3, 0.4) is 0 Å². The second-order valence-electron chi connectivity index (χ2n) is 5.82. The molecule has 1 unspecified atom stereocenters. The molecule has 2 N–H and O–H groups in total. The van der Waals surface area contributed by atoms with Crippen LogP contribution in [0.1, 0.15) is 39.5 Å². The first-order valence-corrected chi connectivity index (χ1v) is 10.5. The lowest BCUT2D eigenvalue weighted by Crippen LogP contribution is -2.33. The second kappa shape index (κ2) is 10.9. The van der Waals surface area contributed by atoms with E-state index in [0.717, 1.165) is 31.4 Å². The largest absolute Gasteiger partial charge is 0.390 e. The van der Waals surface area contributed by atoms with Crippen LogP contribution in [0.4, 0.5) is 5.69 Å². The molecule has 1 aromatic rings. The van der Waals surface area contributed by atoms with Crippen LogP contribution in [0.25, 0.3) is 0 Å². The van der Waals surface area contributed by atoms with Gasteiger partial charge in [0.2, 0.25) is 10.0 Å². The number of anilines is 1. The van der Waals surface area contributed by atoms with Gasteiger partial charge in [-0.1, -0.05) is 26.7 Å². The molecule has 5 nitrogen and oxygen atoms in total. The highest BCUT2D eigenvalue weighted by Gasteiger charge is 2.23. The number of halogens is 1. The SMILES string of the molecule is CCCCN(CCCC)S(=O)(=O)c1ccc(NCC(O)CCl)cc1. The van der Waals surface area contributed by atoms with Gasteiger partial charge in [-0.2, -0.15) is 4.31 Å². The predicted octanol–water partition coefficient (Wildman–Crippen LogP) is 3.29. The summed E-state index contributed by atoms with van der Waals surface area (Å²) in [4.78, 5) is 0.304. The van der Waals surface area contributed by atoms with Crippen LogP contribution in [-0.2, 0) is 10.0 Å². The molecule has 24 heavy (non-hydrogen) atoms. The van der Waals surface area contributed by atoms with Crippen molar-refractivity contribution in [3.8, 4) is 0 Å². The molecular formula is C17H29ClN2O3S. The van der Waals surface area contributed by atoms with Gasteiger partial charge in [0, 0.05) is 25.3 Å². The highest BCUT2D eigenvalue weighted by Crippen LogP contribution is 2.19. The van der Waals surface area contributed by atoms with E-state index in [4.69, 9.17) is 11.6 Å². The Morgan fingerprint density at radius 3 is 2.12 bits per heavy atom. The number of rotatable bonds is 12. The van der Waals surface area contributed by atoms with E-state index in [2.05, 4.69) is 19.2 Å². The van der Waals surface area contributed by atoms with E-state index >= 15 is 0 Å². The highest BCUT2D eigenvalue weighted by atomic mass is 35.5. The van der Waals surface area contributed by atoms with Crippen LogP contribution in [-0.4, -0.2) is 49.4 Å². The van der Waals surface area contributed by atoms with E-state index in [1.165, 1.54) is 0 Å². The molecule has 0 amide bonds. The zero-order valence-corrected chi connectivity index (χ0v) is 16.1. The monoisotopic (exact) mass is 376 g/mol. The molecule has 0 saturated carbocycles. The molecule has 0 saturated heterocycles. The molecule has 0 bridgehead atoms. The number of hydrogen-bond acceptors (Lipinski definition) is 4. The summed E-state index contributed by atoms with van der Waals surface area (Å²) in [5.74, 6) is 0.156. The summed E-state index contributed by atoms with van der Waals surface area (Å²) in [5, 5.41) is 12.5. The van der Waals surface area contributed by atoms with Crippen molar-refractivity contribution in [1.29, 1.82) is 0 Å². The fraction of sp³-hybridized carbons (Fsp3) is 0.647. The average Bonchev–Trinajstić information content (AvgIpc) is 2.59. The van der Waals surface area contributed by atoms with Crippen LogP contribution in [0.5, 0.6) is 0 Å². The number of hydrogen-bond donors (Lipinski definition) is 2. The third-order valence-corrected chi connectivity index (χ3v) is 6.00. The smallest absolute Gasteiger partial charge is 0.243 e. The highest BCUT2D eigenvalue weighted by molar-refractivity contribution is 7.89. The van der Waals surface area contributed by atoms with Crippen molar-refractivity contribution in [2.45, 2.75) is 50.5 Å². The minimum absolute atomic E-state index is 0.156. The lowest BCUT2D eigenvalue weighted by molar-refractivity contribution is 0.211. The standard InChI is InChI=1S/C17H29ClN2O3S/c1-3-5-11-20(12-6-4-2)24(22,23)17-9-7-15(8-10-17)19-14-16(21)13-18/h7-10,16,19,21H,3-6,11-14H2,1-2H3.